The second-order valence-electron chi connectivity index (χ2n) is 4.06. The first-order chi connectivity index (χ1) is 8.83. The molecule has 2 heteroatoms. The highest BCUT2D eigenvalue weighted by Crippen LogP contribution is 2.14. The zero-order chi connectivity index (χ0) is 12.4. The number of furan rings is 1. The van der Waals surface area contributed by atoms with E-state index < -0.39 is 0 Å². The summed E-state index contributed by atoms with van der Waals surface area (Å²) >= 11 is 1.68. The van der Waals surface area contributed by atoms with Gasteiger partial charge in [0, 0.05) is 5.56 Å². The molecule has 0 unspecified atom stereocenters. The van der Waals surface area contributed by atoms with Gasteiger partial charge in [-0.25, -0.2) is 0 Å². The van der Waals surface area contributed by atoms with Crippen molar-refractivity contribution in [3.05, 3.63) is 69.6 Å². The van der Waals surface area contributed by atoms with Crippen LogP contribution in [0.15, 0.2) is 57.6 Å². The number of thiophene rings is 1. The molecule has 0 spiro atoms. The number of rotatable bonds is 2. The summed E-state index contributed by atoms with van der Waals surface area (Å²) in [7, 11) is 0. The first-order valence-electron chi connectivity index (χ1n) is 5.71. The standard InChI is InChI=1S/C16H12OS/c1-12-9-15(14-5-3-2-4-6-14)16(17-12)10-13-7-8-18-11-13/h2-11H,1H2/b16-10-. The molecule has 0 aliphatic carbocycles. The maximum atomic E-state index is 5.68. The molecule has 1 aromatic carbocycles. The van der Waals surface area contributed by atoms with E-state index in [9.17, 15) is 0 Å². The largest absolute Gasteiger partial charge is 0.457 e. The smallest absolute Gasteiger partial charge is 0.135 e. The third-order valence-corrected chi connectivity index (χ3v) is 3.44. The predicted molar refractivity (Wildman–Crippen MR) is 76.8 cm³/mol. The van der Waals surface area contributed by atoms with E-state index in [1.54, 1.807) is 11.3 Å². The minimum Gasteiger partial charge on any atom is -0.457 e. The van der Waals surface area contributed by atoms with Gasteiger partial charge < -0.3 is 4.42 Å². The zero-order valence-electron chi connectivity index (χ0n) is 9.80. The Bertz CT molecular complexity index is 736. The molecule has 0 amide bonds. The Kier molecular flexibility index (Phi) is 2.87. The van der Waals surface area contributed by atoms with Crippen molar-refractivity contribution in [2.24, 2.45) is 0 Å². The number of benzene rings is 1. The minimum atomic E-state index is 0.690. The fraction of sp³-hybridized carbons (Fsp3) is 0. The monoisotopic (exact) mass is 252 g/mol. The van der Waals surface area contributed by atoms with Crippen molar-refractivity contribution in [2.45, 2.75) is 0 Å². The first kappa shape index (κ1) is 11.1. The molecule has 2 heterocycles. The molecular weight excluding hydrogens is 240 g/mol. The van der Waals surface area contributed by atoms with Crippen LogP contribution in [0.1, 0.15) is 5.56 Å². The van der Waals surface area contributed by atoms with Gasteiger partial charge in [0.2, 0.25) is 0 Å². The Morgan fingerprint density at radius 2 is 1.94 bits per heavy atom. The summed E-state index contributed by atoms with van der Waals surface area (Å²) < 4.78 is 5.68. The lowest BCUT2D eigenvalue weighted by Crippen LogP contribution is -2.00. The lowest BCUT2D eigenvalue weighted by atomic mass is 10.1. The van der Waals surface area contributed by atoms with Crippen molar-refractivity contribution in [1.29, 1.82) is 0 Å². The molecule has 0 aliphatic heterocycles. The highest BCUT2D eigenvalue weighted by molar-refractivity contribution is 7.08. The van der Waals surface area contributed by atoms with E-state index in [4.69, 9.17) is 4.42 Å². The molecular formula is C16H12OS. The van der Waals surface area contributed by atoms with Crippen LogP contribution in [0.4, 0.5) is 0 Å². The second kappa shape index (κ2) is 4.67. The third kappa shape index (κ3) is 2.15. The van der Waals surface area contributed by atoms with Crippen LogP contribution >= 0.6 is 11.3 Å². The Balaban J connectivity index is 2.20. The maximum absolute atomic E-state index is 5.68. The molecule has 0 radical (unpaired) electrons. The van der Waals surface area contributed by atoms with E-state index in [1.807, 2.05) is 30.3 Å². The van der Waals surface area contributed by atoms with Gasteiger partial charge in [0.05, 0.1) is 0 Å². The lowest BCUT2D eigenvalue weighted by molar-refractivity contribution is 0.504. The second-order valence-corrected chi connectivity index (χ2v) is 4.84. The molecule has 0 aliphatic rings. The van der Waals surface area contributed by atoms with Crippen LogP contribution in [0.5, 0.6) is 0 Å². The molecule has 88 valence electrons. The molecule has 18 heavy (non-hydrogen) atoms. The molecule has 0 atom stereocenters. The average molecular weight is 252 g/mol. The summed E-state index contributed by atoms with van der Waals surface area (Å²) in [6.07, 6.45) is 2.05. The van der Waals surface area contributed by atoms with E-state index >= 15 is 0 Å². The Labute approximate surface area is 109 Å². The summed E-state index contributed by atoms with van der Waals surface area (Å²) in [5.74, 6) is 0. The van der Waals surface area contributed by atoms with E-state index in [0.717, 1.165) is 22.1 Å². The van der Waals surface area contributed by atoms with E-state index in [0.29, 0.717) is 5.42 Å². The van der Waals surface area contributed by atoms with Crippen LogP contribution in [0.2, 0.25) is 0 Å². The van der Waals surface area contributed by atoms with Crippen molar-refractivity contribution in [2.75, 3.05) is 0 Å². The van der Waals surface area contributed by atoms with Gasteiger partial charge in [0.15, 0.2) is 0 Å². The minimum absolute atomic E-state index is 0.690. The highest BCUT2D eigenvalue weighted by atomic mass is 32.1. The van der Waals surface area contributed by atoms with Crippen molar-refractivity contribution in [1.82, 2.24) is 0 Å². The fourth-order valence-corrected chi connectivity index (χ4v) is 2.53. The molecule has 1 nitrogen and oxygen atoms in total. The molecule has 0 saturated carbocycles. The Hall–Kier alpha value is -2.06. The zero-order valence-corrected chi connectivity index (χ0v) is 10.6. The Morgan fingerprint density at radius 3 is 2.67 bits per heavy atom. The fourth-order valence-electron chi connectivity index (χ4n) is 1.92. The van der Waals surface area contributed by atoms with Gasteiger partial charge in [-0.15, -0.1) is 0 Å². The average Bonchev–Trinajstić information content (AvgIpc) is 3.01. The number of hydrogen-bond acceptors (Lipinski definition) is 2. The molecule has 3 rings (SSSR count). The predicted octanol–water partition coefficient (Wildman–Crippen LogP) is 3.25. The van der Waals surface area contributed by atoms with E-state index in [-0.39, 0.29) is 0 Å². The molecule has 0 saturated heterocycles. The van der Waals surface area contributed by atoms with Crippen LogP contribution < -0.4 is 10.8 Å². The van der Waals surface area contributed by atoms with E-state index in [1.165, 1.54) is 0 Å². The van der Waals surface area contributed by atoms with E-state index in [2.05, 4.69) is 35.5 Å². The number of hydrogen-bond donors (Lipinski definition) is 0. The molecule has 2 aromatic heterocycles. The topological polar surface area (TPSA) is 13.1 Å². The van der Waals surface area contributed by atoms with Crippen molar-refractivity contribution < 1.29 is 4.42 Å². The van der Waals surface area contributed by atoms with Crippen LogP contribution in [0, 0.1) is 0 Å². The molecule has 3 aromatic rings. The van der Waals surface area contributed by atoms with Crippen LogP contribution in [0.25, 0.3) is 23.8 Å². The van der Waals surface area contributed by atoms with Gasteiger partial charge in [-0.2, -0.15) is 11.3 Å². The highest BCUT2D eigenvalue weighted by Gasteiger charge is 2.03. The Morgan fingerprint density at radius 1 is 1.11 bits per heavy atom. The van der Waals surface area contributed by atoms with Crippen molar-refractivity contribution >= 4 is 24.0 Å². The SMILES string of the molecule is C=c1cc(-c2ccccc2)/c(=C/c2ccsc2)o1. The first-order valence-corrected chi connectivity index (χ1v) is 6.65. The van der Waals surface area contributed by atoms with Gasteiger partial charge in [-0.3, -0.25) is 0 Å². The maximum Gasteiger partial charge on any atom is 0.135 e. The summed E-state index contributed by atoms with van der Waals surface area (Å²) in [4.78, 5) is 0. The lowest BCUT2D eigenvalue weighted by Gasteiger charge is -1.95. The van der Waals surface area contributed by atoms with Crippen LogP contribution in [-0.2, 0) is 0 Å². The van der Waals surface area contributed by atoms with Gasteiger partial charge in [0.1, 0.15) is 10.8 Å². The summed E-state index contributed by atoms with van der Waals surface area (Å²) in [5, 5.41) is 4.15. The van der Waals surface area contributed by atoms with Crippen LogP contribution in [-0.4, -0.2) is 0 Å². The van der Waals surface area contributed by atoms with Gasteiger partial charge in [0.25, 0.3) is 0 Å². The quantitative estimate of drug-likeness (QED) is 0.682. The van der Waals surface area contributed by atoms with Crippen LogP contribution in [0.3, 0.4) is 0 Å². The normalized spacial score (nSPS) is 11.9. The summed E-state index contributed by atoms with van der Waals surface area (Å²) in [6.45, 7) is 3.87. The van der Waals surface area contributed by atoms with Gasteiger partial charge >= 0.3 is 0 Å². The third-order valence-electron chi connectivity index (χ3n) is 2.74. The van der Waals surface area contributed by atoms with Crippen molar-refractivity contribution in [3.8, 4) is 11.1 Å². The molecule has 0 bridgehead atoms. The molecule has 0 N–H and O–H groups in total. The van der Waals surface area contributed by atoms with Gasteiger partial charge in [-0.1, -0.05) is 36.9 Å². The molecule has 0 fully saturated rings. The van der Waals surface area contributed by atoms with Crippen molar-refractivity contribution in [3.63, 3.8) is 0 Å². The summed E-state index contributed by atoms with van der Waals surface area (Å²) in [5.41, 5.74) is 4.95. The summed E-state index contributed by atoms with van der Waals surface area (Å²) in [6, 6.07) is 14.3. The van der Waals surface area contributed by atoms with Gasteiger partial charge in [-0.05, 0) is 40.1 Å².